The quantitative estimate of drug-likeness (QED) is 0.552. The van der Waals surface area contributed by atoms with Gasteiger partial charge in [0, 0.05) is 11.9 Å². The van der Waals surface area contributed by atoms with E-state index in [0.29, 0.717) is 11.6 Å². The number of hydrogen-bond acceptors (Lipinski definition) is 4. The van der Waals surface area contributed by atoms with Crippen LogP contribution in [0, 0.1) is 11.3 Å². The van der Waals surface area contributed by atoms with Gasteiger partial charge < -0.3 is 15.7 Å². The van der Waals surface area contributed by atoms with Gasteiger partial charge in [0.1, 0.15) is 17.7 Å². The van der Waals surface area contributed by atoms with Crippen LogP contribution in [0.15, 0.2) is 36.0 Å². The van der Waals surface area contributed by atoms with E-state index in [1.54, 1.807) is 18.2 Å². The Morgan fingerprint density at radius 1 is 1.23 bits per heavy atom. The Morgan fingerprint density at radius 3 is 2.27 bits per heavy atom. The van der Waals surface area contributed by atoms with E-state index in [1.807, 2.05) is 12.1 Å². The van der Waals surface area contributed by atoms with Crippen LogP contribution in [0.1, 0.15) is 32.3 Å². The molecule has 1 amide bonds. The summed E-state index contributed by atoms with van der Waals surface area (Å²) in [5.74, 6) is -1.27. The molecular formula is C16H19N3O3. The van der Waals surface area contributed by atoms with Crippen LogP contribution in [0.2, 0.25) is 0 Å². The van der Waals surface area contributed by atoms with Gasteiger partial charge in [0.15, 0.2) is 0 Å². The van der Waals surface area contributed by atoms with Crippen LogP contribution in [0.25, 0.3) is 0 Å². The average Bonchev–Trinajstić information content (AvgIpc) is 2.48. The van der Waals surface area contributed by atoms with Crippen LogP contribution in [0.3, 0.4) is 0 Å². The fraction of sp³-hybridized carbons (Fsp3) is 0.312. The highest BCUT2D eigenvalue weighted by Crippen LogP contribution is 2.17. The first-order valence-electron chi connectivity index (χ1n) is 6.85. The van der Waals surface area contributed by atoms with Gasteiger partial charge in [-0.3, -0.25) is 9.59 Å². The van der Waals surface area contributed by atoms with E-state index in [-0.39, 0.29) is 5.57 Å². The molecule has 1 unspecified atom stereocenters. The summed E-state index contributed by atoms with van der Waals surface area (Å²) in [6, 6.07) is 8.18. The molecule has 0 saturated heterocycles. The minimum atomic E-state index is -1.07. The summed E-state index contributed by atoms with van der Waals surface area (Å²) in [6.07, 6.45) is 1.11. The number of benzene rings is 1. The standard InChI is InChI=1S/C16H19N3O3/c1-10(2)12-4-6-14(7-5-12)19-15(20)13(8-17)9-18-11(3)16(21)22/h4-7,9-11,18H,1-3H3,(H,19,20)(H,21,22)/b13-9-. The summed E-state index contributed by atoms with van der Waals surface area (Å²) in [6.45, 7) is 5.55. The third kappa shape index (κ3) is 4.94. The molecule has 0 aliphatic heterocycles. The van der Waals surface area contributed by atoms with Gasteiger partial charge in [-0.05, 0) is 30.5 Å². The van der Waals surface area contributed by atoms with Gasteiger partial charge in [-0.1, -0.05) is 26.0 Å². The third-order valence-corrected chi connectivity index (χ3v) is 3.05. The van der Waals surface area contributed by atoms with Crippen molar-refractivity contribution in [2.75, 3.05) is 5.32 Å². The van der Waals surface area contributed by atoms with Crippen LogP contribution in [-0.2, 0) is 9.59 Å². The van der Waals surface area contributed by atoms with Crippen molar-refractivity contribution in [1.29, 1.82) is 5.26 Å². The molecule has 0 aromatic heterocycles. The van der Waals surface area contributed by atoms with Gasteiger partial charge in [0.05, 0.1) is 0 Å². The predicted octanol–water partition coefficient (Wildman–Crippen LogP) is 2.22. The maximum absolute atomic E-state index is 12.0. The monoisotopic (exact) mass is 301 g/mol. The molecule has 0 bridgehead atoms. The second-order valence-corrected chi connectivity index (χ2v) is 5.13. The van der Waals surface area contributed by atoms with Crippen molar-refractivity contribution in [3.8, 4) is 6.07 Å². The van der Waals surface area contributed by atoms with E-state index < -0.39 is 17.9 Å². The zero-order valence-electron chi connectivity index (χ0n) is 12.8. The molecule has 1 atom stereocenters. The van der Waals surface area contributed by atoms with E-state index in [1.165, 1.54) is 6.92 Å². The molecule has 0 aliphatic rings. The molecule has 6 nitrogen and oxygen atoms in total. The van der Waals surface area contributed by atoms with Gasteiger partial charge in [-0.15, -0.1) is 0 Å². The molecule has 0 radical (unpaired) electrons. The summed E-state index contributed by atoms with van der Waals surface area (Å²) in [4.78, 5) is 22.6. The summed E-state index contributed by atoms with van der Waals surface area (Å²) >= 11 is 0. The number of carbonyl (C=O) groups is 2. The van der Waals surface area contributed by atoms with Crippen molar-refractivity contribution >= 4 is 17.6 Å². The lowest BCUT2D eigenvalue weighted by atomic mass is 10.0. The molecule has 3 N–H and O–H groups in total. The normalized spacial score (nSPS) is 12.4. The number of nitrogens with zero attached hydrogens (tertiary/aromatic N) is 1. The molecule has 0 aliphatic carbocycles. The number of carbonyl (C=O) groups excluding carboxylic acids is 1. The minimum Gasteiger partial charge on any atom is -0.480 e. The Kier molecular flexibility index (Phi) is 6.14. The van der Waals surface area contributed by atoms with Gasteiger partial charge in [-0.2, -0.15) is 5.26 Å². The number of hydrogen-bond donors (Lipinski definition) is 3. The average molecular weight is 301 g/mol. The fourth-order valence-corrected chi connectivity index (χ4v) is 1.58. The lowest BCUT2D eigenvalue weighted by molar-refractivity contribution is -0.138. The number of carboxylic acid groups (broad SMARTS) is 1. The number of amides is 1. The number of carboxylic acids is 1. The van der Waals surface area contributed by atoms with Crippen molar-refractivity contribution in [3.63, 3.8) is 0 Å². The smallest absolute Gasteiger partial charge is 0.325 e. The van der Waals surface area contributed by atoms with Crippen LogP contribution in [0.4, 0.5) is 5.69 Å². The van der Waals surface area contributed by atoms with Gasteiger partial charge in [0.2, 0.25) is 0 Å². The number of aliphatic carboxylic acids is 1. The Morgan fingerprint density at radius 2 is 1.82 bits per heavy atom. The Bertz CT molecular complexity index is 613. The van der Waals surface area contributed by atoms with Gasteiger partial charge >= 0.3 is 5.97 Å². The molecule has 6 heteroatoms. The lowest BCUT2D eigenvalue weighted by Gasteiger charge is -2.09. The first kappa shape index (κ1) is 17.2. The zero-order valence-corrected chi connectivity index (χ0v) is 12.8. The van der Waals surface area contributed by atoms with Crippen molar-refractivity contribution in [3.05, 3.63) is 41.6 Å². The van der Waals surface area contributed by atoms with Crippen LogP contribution < -0.4 is 10.6 Å². The Hall–Kier alpha value is -2.81. The summed E-state index contributed by atoms with van der Waals surface area (Å²) < 4.78 is 0. The molecule has 1 aromatic carbocycles. The fourth-order valence-electron chi connectivity index (χ4n) is 1.58. The number of nitrogens with one attached hydrogen (secondary N) is 2. The van der Waals surface area contributed by atoms with Crippen LogP contribution >= 0.6 is 0 Å². The van der Waals surface area contributed by atoms with E-state index in [4.69, 9.17) is 10.4 Å². The zero-order chi connectivity index (χ0) is 16.7. The molecular weight excluding hydrogens is 282 g/mol. The summed E-state index contributed by atoms with van der Waals surface area (Å²) in [7, 11) is 0. The Balaban J connectivity index is 2.75. The van der Waals surface area contributed by atoms with E-state index in [0.717, 1.165) is 11.8 Å². The summed E-state index contributed by atoms with van der Waals surface area (Å²) in [5.41, 5.74) is 1.52. The van der Waals surface area contributed by atoms with E-state index >= 15 is 0 Å². The SMILES string of the molecule is CC(N/C=C(/C#N)C(=O)Nc1ccc(C(C)C)cc1)C(=O)O. The summed E-state index contributed by atoms with van der Waals surface area (Å²) in [5, 5.41) is 22.8. The maximum Gasteiger partial charge on any atom is 0.325 e. The first-order valence-corrected chi connectivity index (χ1v) is 6.85. The second-order valence-electron chi connectivity index (χ2n) is 5.13. The second kappa shape index (κ2) is 7.84. The minimum absolute atomic E-state index is 0.193. The maximum atomic E-state index is 12.0. The topological polar surface area (TPSA) is 102 Å². The molecule has 1 aromatic rings. The molecule has 0 spiro atoms. The molecule has 116 valence electrons. The first-order chi connectivity index (χ1) is 10.3. The van der Waals surface area contributed by atoms with Crippen molar-refractivity contribution in [2.24, 2.45) is 0 Å². The number of nitriles is 1. The van der Waals surface area contributed by atoms with Crippen LogP contribution in [0.5, 0.6) is 0 Å². The molecule has 0 heterocycles. The highest BCUT2D eigenvalue weighted by molar-refractivity contribution is 6.06. The number of anilines is 1. The van der Waals surface area contributed by atoms with Crippen LogP contribution in [-0.4, -0.2) is 23.0 Å². The highest BCUT2D eigenvalue weighted by Gasteiger charge is 2.12. The molecule has 0 fully saturated rings. The predicted molar refractivity (Wildman–Crippen MR) is 83.1 cm³/mol. The Labute approximate surface area is 129 Å². The molecule has 0 saturated carbocycles. The van der Waals surface area contributed by atoms with Crippen molar-refractivity contribution < 1.29 is 14.7 Å². The van der Waals surface area contributed by atoms with E-state index in [2.05, 4.69) is 24.5 Å². The van der Waals surface area contributed by atoms with Gasteiger partial charge in [-0.25, -0.2) is 0 Å². The van der Waals surface area contributed by atoms with Crippen molar-refractivity contribution in [2.45, 2.75) is 32.7 Å². The highest BCUT2D eigenvalue weighted by atomic mass is 16.4. The number of rotatable bonds is 6. The molecule has 1 rings (SSSR count). The van der Waals surface area contributed by atoms with E-state index in [9.17, 15) is 9.59 Å². The third-order valence-electron chi connectivity index (χ3n) is 3.05. The lowest BCUT2D eigenvalue weighted by Crippen LogP contribution is -2.30. The van der Waals surface area contributed by atoms with Gasteiger partial charge in [0.25, 0.3) is 5.91 Å². The largest absolute Gasteiger partial charge is 0.480 e. The molecule has 22 heavy (non-hydrogen) atoms. The van der Waals surface area contributed by atoms with Crippen molar-refractivity contribution in [1.82, 2.24) is 5.32 Å².